The van der Waals surface area contributed by atoms with E-state index in [1.807, 2.05) is 6.20 Å². The van der Waals surface area contributed by atoms with E-state index in [0.717, 1.165) is 30.7 Å². The molecule has 4 atom stereocenters. The largest absolute Gasteiger partial charge is 0.313 e. The lowest BCUT2D eigenvalue weighted by molar-refractivity contribution is 0.246. The van der Waals surface area contributed by atoms with Gasteiger partial charge in [0.25, 0.3) is 0 Å². The van der Waals surface area contributed by atoms with Crippen molar-refractivity contribution in [1.29, 1.82) is 0 Å². The molecule has 2 fully saturated rings. The first-order valence-electron chi connectivity index (χ1n) is 8.41. The Morgan fingerprint density at radius 2 is 2.20 bits per heavy atom. The minimum atomic E-state index is 0.639. The van der Waals surface area contributed by atoms with E-state index >= 15 is 0 Å². The van der Waals surface area contributed by atoms with Crippen LogP contribution in [0.3, 0.4) is 0 Å². The van der Waals surface area contributed by atoms with Crippen molar-refractivity contribution < 1.29 is 0 Å². The van der Waals surface area contributed by atoms with E-state index < -0.39 is 0 Å². The quantitative estimate of drug-likeness (QED) is 0.853. The molecule has 1 heterocycles. The third-order valence-electron chi connectivity index (χ3n) is 5.37. The van der Waals surface area contributed by atoms with E-state index in [-0.39, 0.29) is 0 Å². The number of nitrogens with zero attached hydrogens (tertiary/aromatic N) is 1. The SMILES string of the molecule is CCCNC(Cc1ccc(C)cn1)C1CC2CCC1C2. The maximum atomic E-state index is 4.62. The van der Waals surface area contributed by atoms with Crippen LogP contribution in [0.2, 0.25) is 0 Å². The predicted molar refractivity (Wildman–Crippen MR) is 83.7 cm³/mol. The van der Waals surface area contributed by atoms with Crippen LogP contribution in [0.25, 0.3) is 0 Å². The van der Waals surface area contributed by atoms with Crippen LogP contribution in [-0.2, 0) is 6.42 Å². The number of rotatable bonds is 6. The standard InChI is InChI=1S/C18H28N2/c1-3-8-19-18(11-16-7-4-13(2)12-20-16)17-10-14-5-6-15(17)9-14/h4,7,12,14-15,17-19H,3,5-6,8-11H2,1-2H3. The lowest BCUT2D eigenvalue weighted by Crippen LogP contribution is -2.41. The highest BCUT2D eigenvalue weighted by Gasteiger charge is 2.42. The molecule has 110 valence electrons. The van der Waals surface area contributed by atoms with Crippen molar-refractivity contribution in [2.75, 3.05) is 6.54 Å². The third-order valence-corrected chi connectivity index (χ3v) is 5.37. The minimum Gasteiger partial charge on any atom is -0.313 e. The van der Waals surface area contributed by atoms with Gasteiger partial charge in [0.2, 0.25) is 0 Å². The fraction of sp³-hybridized carbons (Fsp3) is 0.722. The molecule has 1 N–H and O–H groups in total. The molecule has 2 aliphatic rings. The van der Waals surface area contributed by atoms with E-state index in [1.165, 1.54) is 43.4 Å². The zero-order chi connectivity index (χ0) is 13.9. The zero-order valence-electron chi connectivity index (χ0n) is 12.9. The molecule has 1 aromatic heterocycles. The van der Waals surface area contributed by atoms with E-state index in [9.17, 15) is 0 Å². The number of hydrogen-bond acceptors (Lipinski definition) is 2. The first-order valence-corrected chi connectivity index (χ1v) is 8.41. The molecule has 2 nitrogen and oxygen atoms in total. The molecule has 2 saturated carbocycles. The summed E-state index contributed by atoms with van der Waals surface area (Å²) in [4.78, 5) is 4.62. The van der Waals surface area contributed by atoms with Gasteiger partial charge in [0.1, 0.15) is 0 Å². The second-order valence-electron chi connectivity index (χ2n) is 6.93. The molecule has 0 spiro atoms. The molecule has 0 saturated heterocycles. The van der Waals surface area contributed by atoms with E-state index in [1.54, 1.807) is 0 Å². The van der Waals surface area contributed by atoms with Gasteiger partial charge in [-0.1, -0.05) is 19.4 Å². The summed E-state index contributed by atoms with van der Waals surface area (Å²) in [5, 5.41) is 3.82. The molecule has 2 heteroatoms. The number of nitrogens with one attached hydrogen (secondary N) is 1. The van der Waals surface area contributed by atoms with Crippen LogP contribution >= 0.6 is 0 Å². The Balaban J connectivity index is 1.67. The Kier molecular flexibility index (Phi) is 4.40. The summed E-state index contributed by atoms with van der Waals surface area (Å²) in [5.41, 5.74) is 2.51. The highest BCUT2D eigenvalue weighted by Crippen LogP contribution is 2.49. The van der Waals surface area contributed by atoms with Crippen LogP contribution in [0.4, 0.5) is 0 Å². The Bertz CT molecular complexity index is 426. The van der Waals surface area contributed by atoms with Gasteiger partial charge in [0.15, 0.2) is 0 Å². The number of hydrogen-bond donors (Lipinski definition) is 1. The maximum Gasteiger partial charge on any atom is 0.0419 e. The van der Waals surface area contributed by atoms with Gasteiger partial charge in [-0.05, 0) is 68.5 Å². The summed E-state index contributed by atoms with van der Waals surface area (Å²) in [7, 11) is 0. The Labute approximate surface area is 123 Å². The average molecular weight is 272 g/mol. The Morgan fingerprint density at radius 1 is 1.30 bits per heavy atom. The topological polar surface area (TPSA) is 24.9 Å². The highest BCUT2D eigenvalue weighted by molar-refractivity contribution is 5.14. The van der Waals surface area contributed by atoms with Crippen LogP contribution < -0.4 is 5.32 Å². The molecule has 0 aromatic carbocycles. The summed E-state index contributed by atoms with van der Waals surface area (Å²) >= 11 is 0. The Morgan fingerprint density at radius 3 is 2.80 bits per heavy atom. The third kappa shape index (κ3) is 3.06. The molecule has 20 heavy (non-hydrogen) atoms. The van der Waals surface area contributed by atoms with Gasteiger partial charge >= 0.3 is 0 Å². The van der Waals surface area contributed by atoms with Gasteiger partial charge < -0.3 is 5.32 Å². The molecule has 3 rings (SSSR count). The molecule has 1 aromatic rings. The van der Waals surface area contributed by atoms with Gasteiger partial charge in [-0.3, -0.25) is 4.98 Å². The second kappa shape index (κ2) is 6.26. The van der Waals surface area contributed by atoms with Crippen LogP contribution in [0.15, 0.2) is 18.3 Å². The van der Waals surface area contributed by atoms with Crippen molar-refractivity contribution in [3.05, 3.63) is 29.6 Å². The van der Waals surface area contributed by atoms with Gasteiger partial charge in [0, 0.05) is 24.4 Å². The number of aromatic nitrogens is 1. The fourth-order valence-corrected chi connectivity index (χ4v) is 4.34. The molecule has 2 aliphatic carbocycles. The van der Waals surface area contributed by atoms with Crippen LogP contribution in [-0.4, -0.2) is 17.6 Å². The lowest BCUT2D eigenvalue weighted by atomic mass is 9.81. The van der Waals surface area contributed by atoms with Crippen LogP contribution in [0.5, 0.6) is 0 Å². The van der Waals surface area contributed by atoms with Crippen molar-refractivity contribution in [2.24, 2.45) is 17.8 Å². The van der Waals surface area contributed by atoms with Gasteiger partial charge in [-0.25, -0.2) is 0 Å². The van der Waals surface area contributed by atoms with Gasteiger partial charge in [0.05, 0.1) is 0 Å². The average Bonchev–Trinajstić information content (AvgIpc) is 3.08. The first kappa shape index (κ1) is 14.1. The number of fused-ring (bicyclic) bond motifs is 2. The van der Waals surface area contributed by atoms with Gasteiger partial charge in [-0.2, -0.15) is 0 Å². The molecule has 4 unspecified atom stereocenters. The maximum absolute atomic E-state index is 4.62. The second-order valence-corrected chi connectivity index (χ2v) is 6.93. The fourth-order valence-electron chi connectivity index (χ4n) is 4.34. The van der Waals surface area contributed by atoms with Crippen molar-refractivity contribution in [3.63, 3.8) is 0 Å². The van der Waals surface area contributed by atoms with Crippen LogP contribution in [0, 0.1) is 24.7 Å². The van der Waals surface area contributed by atoms with Gasteiger partial charge in [-0.15, -0.1) is 0 Å². The molecule has 0 aliphatic heterocycles. The molecule has 0 radical (unpaired) electrons. The zero-order valence-corrected chi connectivity index (χ0v) is 12.9. The van der Waals surface area contributed by atoms with Crippen molar-refractivity contribution in [3.8, 4) is 0 Å². The normalized spacial score (nSPS) is 29.8. The monoisotopic (exact) mass is 272 g/mol. The molecular weight excluding hydrogens is 244 g/mol. The van der Waals surface area contributed by atoms with E-state index in [4.69, 9.17) is 0 Å². The summed E-state index contributed by atoms with van der Waals surface area (Å²) in [5.74, 6) is 2.91. The summed E-state index contributed by atoms with van der Waals surface area (Å²) in [6.07, 6.45) is 10.2. The summed E-state index contributed by atoms with van der Waals surface area (Å²) in [6.45, 7) is 5.51. The Hall–Kier alpha value is -0.890. The van der Waals surface area contributed by atoms with E-state index in [2.05, 4.69) is 36.3 Å². The van der Waals surface area contributed by atoms with Crippen molar-refractivity contribution in [1.82, 2.24) is 10.3 Å². The van der Waals surface area contributed by atoms with Crippen molar-refractivity contribution in [2.45, 2.75) is 58.4 Å². The number of aryl methyl sites for hydroxylation is 1. The van der Waals surface area contributed by atoms with E-state index in [0.29, 0.717) is 6.04 Å². The lowest BCUT2D eigenvalue weighted by Gasteiger charge is -2.31. The summed E-state index contributed by atoms with van der Waals surface area (Å²) in [6, 6.07) is 5.05. The number of pyridine rings is 1. The summed E-state index contributed by atoms with van der Waals surface area (Å²) < 4.78 is 0. The van der Waals surface area contributed by atoms with Crippen molar-refractivity contribution >= 4 is 0 Å². The molecule has 0 amide bonds. The molecular formula is C18H28N2. The smallest absolute Gasteiger partial charge is 0.0419 e. The predicted octanol–water partition coefficient (Wildman–Crippen LogP) is 3.74. The van der Waals surface area contributed by atoms with Crippen LogP contribution in [0.1, 0.15) is 50.3 Å². The molecule has 2 bridgehead atoms. The minimum absolute atomic E-state index is 0.639. The highest BCUT2D eigenvalue weighted by atomic mass is 14.9. The first-order chi connectivity index (χ1) is 9.76.